The van der Waals surface area contributed by atoms with E-state index in [4.69, 9.17) is 5.73 Å². The smallest absolute Gasteiger partial charge is 0.231 e. The molecule has 1 aromatic rings. The summed E-state index contributed by atoms with van der Waals surface area (Å²) in [6, 6.07) is 6.96. The number of primary amides is 1. The average molecular weight is 340 g/mol. The van der Waals surface area contributed by atoms with Crippen LogP contribution in [0.25, 0.3) is 0 Å². The molecule has 0 bridgehead atoms. The molecule has 5 heteroatoms. The molecule has 2 rings (SSSR count). The summed E-state index contributed by atoms with van der Waals surface area (Å²) in [6.07, 6.45) is 2.13. The van der Waals surface area contributed by atoms with Gasteiger partial charge in [0.15, 0.2) is 0 Å². The van der Waals surface area contributed by atoms with Crippen molar-refractivity contribution in [3.8, 4) is 0 Å². The minimum absolute atomic E-state index is 0.236. The van der Waals surface area contributed by atoms with Crippen LogP contribution in [0.15, 0.2) is 22.7 Å². The number of hydrogen-bond donors (Lipinski definition) is 2. The number of nitrogens with one attached hydrogen (secondary N) is 1. The lowest BCUT2D eigenvalue weighted by Gasteiger charge is -2.31. The van der Waals surface area contributed by atoms with Gasteiger partial charge in [0.05, 0.1) is 6.54 Å². The second-order valence-corrected chi connectivity index (χ2v) is 6.35. The molecule has 1 heterocycles. The summed E-state index contributed by atoms with van der Waals surface area (Å²) in [4.78, 5) is 13.0. The summed E-state index contributed by atoms with van der Waals surface area (Å²) in [6.45, 7) is 5.24. The molecular formula is C15H22BrN3O. The van der Waals surface area contributed by atoms with E-state index in [0.29, 0.717) is 12.6 Å². The van der Waals surface area contributed by atoms with Gasteiger partial charge in [-0.25, -0.2) is 0 Å². The van der Waals surface area contributed by atoms with Crippen molar-refractivity contribution in [2.75, 3.05) is 19.6 Å². The van der Waals surface area contributed by atoms with Gasteiger partial charge in [0, 0.05) is 30.1 Å². The number of likely N-dealkylation sites (tertiary alicyclic amines) is 1. The maximum atomic E-state index is 10.9. The number of amides is 1. The van der Waals surface area contributed by atoms with Crippen LogP contribution in [0.5, 0.6) is 0 Å². The molecule has 0 radical (unpaired) electrons. The van der Waals surface area contributed by atoms with Crippen LogP contribution in [-0.4, -0.2) is 36.5 Å². The molecule has 1 saturated heterocycles. The standard InChI is InChI=1S/C15H22BrN3O/c1-11-2-3-12(14(16)8-11)9-18-13-4-6-19(7-5-13)10-15(17)20/h2-3,8,13,18H,4-7,9-10H2,1H3,(H2,17,20). The van der Waals surface area contributed by atoms with Gasteiger partial charge in [-0.05, 0) is 37.0 Å². The van der Waals surface area contributed by atoms with Crippen LogP contribution in [-0.2, 0) is 11.3 Å². The molecular weight excluding hydrogens is 318 g/mol. The molecule has 0 aromatic heterocycles. The van der Waals surface area contributed by atoms with E-state index in [2.05, 4.69) is 51.3 Å². The summed E-state index contributed by atoms with van der Waals surface area (Å²) >= 11 is 3.61. The molecule has 1 amide bonds. The summed E-state index contributed by atoms with van der Waals surface area (Å²) in [5.74, 6) is -0.236. The third kappa shape index (κ3) is 4.58. The van der Waals surface area contributed by atoms with Gasteiger partial charge in [0.1, 0.15) is 0 Å². The molecule has 1 aromatic carbocycles. The van der Waals surface area contributed by atoms with Gasteiger partial charge >= 0.3 is 0 Å². The molecule has 1 aliphatic heterocycles. The molecule has 110 valence electrons. The van der Waals surface area contributed by atoms with Gasteiger partial charge in [0.2, 0.25) is 5.91 Å². The monoisotopic (exact) mass is 339 g/mol. The molecule has 1 aliphatic rings. The van der Waals surface area contributed by atoms with E-state index in [0.717, 1.165) is 36.9 Å². The highest BCUT2D eigenvalue weighted by molar-refractivity contribution is 9.10. The normalized spacial score (nSPS) is 17.3. The first kappa shape index (κ1) is 15.5. The zero-order chi connectivity index (χ0) is 14.5. The lowest BCUT2D eigenvalue weighted by Crippen LogP contribution is -2.45. The van der Waals surface area contributed by atoms with E-state index in [1.54, 1.807) is 0 Å². The first-order valence-corrected chi connectivity index (χ1v) is 7.83. The predicted molar refractivity (Wildman–Crippen MR) is 84.4 cm³/mol. The zero-order valence-corrected chi connectivity index (χ0v) is 13.4. The Labute approximate surface area is 128 Å². The second kappa shape index (κ2) is 7.20. The van der Waals surface area contributed by atoms with E-state index in [1.165, 1.54) is 11.1 Å². The van der Waals surface area contributed by atoms with Crippen molar-refractivity contribution in [1.29, 1.82) is 0 Å². The average Bonchev–Trinajstić information content (AvgIpc) is 2.39. The minimum Gasteiger partial charge on any atom is -0.369 e. The Kier molecular flexibility index (Phi) is 5.57. The summed E-state index contributed by atoms with van der Waals surface area (Å²) in [5, 5.41) is 3.60. The van der Waals surface area contributed by atoms with Gasteiger partial charge in [-0.15, -0.1) is 0 Å². The molecule has 20 heavy (non-hydrogen) atoms. The third-order valence-electron chi connectivity index (χ3n) is 3.76. The van der Waals surface area contributed by atoms with Gasteiger partial charge in [-0.2, -0.15) is 0 Å². The molecule has 0 unspecified atom stereocenters. The second-order valence-electron chi connectivity index (χ2n) is 5.49. The molecule has 0 spiro atoms. The van der Waals surface area contributed by atoms with Crippen molar-refractivity contribution < 1.29 is 4.79 Å². The lowest BCUT2D eigenvalue weighted by atomic mass is 10.0. The first-order valence-electron chi connectivity index (χ1n) is 7.03. The molecule has 0 atom stereocenters. The fourth-order valence-electron chi connectivity index (χ4n) is 2.57. The van der Waals surface area contributed by atoms with Crippen LogP contribution >= 0.6 is 15.9 Å². The molecule has 3 N–H and O–H groups in total. The zero-order valence-electron chi connectivity index (χ0n) is 11.9. The van der Waals surface area contributed by atoms with Gasteiger partial charge in [-0.1, -0.05) is 28.1 Å². The fourth-order valence-corrected chi connectivity index (χ4v) is 3.20. The Morgan fingerprint density at radius 2 is 2.15 bits per heavy atom. The quantitative estimate of drug-likeness (QED) is 0.859. The minimum atomic E-state index is -0.236. The number of halogens is 1. The Hall–Kier alpha value is -0.910. The molecule has 4 nitrogen and oxygen atoms in total. The fraction of sp³-hybridized carbons (Fsp3) is 0.533. The van der Waals surface area contributed by atoms with Crippen LogP contribution in [0.1, 0.15) is 24.0 Å². The van der Waals surface area contributed by atoms with E-state index in [-0.39, 0.29) is 5.91 Å². The van der Waals surface area contributed by atoms with Crippen molar-refractivity contribution in [2.24, 2.45) is 5.73 Å². The number of nitrogens with two attached hydrogens (primary N) is 1. The largest absolute Gasteiger partial charge is 0.369 e. The maximum absolute atomic E-state index is 10.9. The summed E-state index contributed by atoms with van der Waals surface area (Å²) in [5.41, 5.74) is 7.77. The molecule has 0 aliphatic carbocycles. The first-order chi connectivity index (χ1) is 9.54. The van der Waals surface area contributed by atoms with E-state index in [9.17, 15) is 4.79 Å². The Morgan fingerprint density at radius 3 is 2.75 bits per heavy atom. The number of aryl methyl sites for hydroxylation is 1. The Morgan fingerprint density at radius 1 is 1.45 bits per heavy atom. The highest BCUT2D eigenvalue weighted by atomic mass is 79.9. The number of rotatable bonds is 5. The molecule has 0 saturated carbocycles. The van der Waals surface area contributed by atoms with Crippen molar-refractivity contribution in [3.05, 3.63) is 33.8 Å². The number of carbonyl (C=O) groups is 1. The predicted octanol–water partition coefficient (Wildman–Crippen LogP) is 1.80. The summed E-state index contributed by atoms with van der Waals surface area (Å²) < 4.78 is 1.16. The highest BCUT2D eigenvalue weighted by Gasteiger charge is 2.19. The van der Waals surface area contributed by atoms with E-state index in [1.807, 2.05) is 0 Å². The Bertz CT molecular complexity index is 470. The summed E-state index contributed by atoms with van der Waals surface area (Å²) in [7, 11) is 0. The Balaban J connectivity index is 1.77. The number of hydrogen-bond acceptors (Lipinski definition) is 3. The van der Waals surface area contributed by atoms with Crippen LogP contribution in [0.4, 0.5) is 0 Å². The van der Waals surface area contributed by atoms with Gasteiger partial charge in [0.25, 0.3) is 0 Å². The van der Waals surface area contributed by atoms with Crippen LogP contribution in [0, 0.1) is 6.92 Å². The van der Waals surface area contributed by atoms with Crippen LogP contribution in [0.3, 0.4) is 0 Å². The third-order valence-corrected chi connectivity index (χ3v) is 4.49. The number of carbonyl (C=O) groups excluding carboxylic acids is 1. The van der Waals surface area contributed by atoms with Crippen molar-refractivity contribution in [3.63, 3.8) is 0 Å². The topological polar surface area (TPSA) is 58.4 Å². The van der Waals surface area contributed by atoms with Crippen LogP contribution < -0.4 is 11.1 Å². The number of nitrogens with zero attached hydrogens (tertiary/aromatic N) is 1. The van der Waals surface area contributed by atoms with Crippen LogP contribution in [0.2, 0.25) is 0 Å². The van der Waals surface area contributed by atoms with Gasteiger partial charge < -0.3 is 11.1 Å². The van der Waals surface area contributed by atoms with E-state index >= 15 is 0 Å². The highest BCUT2D eigenvalue weighted by Crippen LogP contribution is 2.19. The molecule has 1 fully saturated rings. The number of benzene rings is 1. The number of piperidine rings is 1. The lowest BCUT2D eigenvalue weighted by molar-refractivity contribution is -0.119. The van der Waals surface area contributed by atoms with Crippen molar-refractivity contribution in [1.82, 2.24) is 10.2 Å². The van der Waals surface area contributed by atoms with Crippen molar-refractivity contribution in [2.45, 2.75) is 32.4 Å². The van der Waals surface area contributed by atoms with Gasteiger partial charge in [-0.3, -0.25) is 9.69 Å². The SMILES string of the molecule is Cc1ccc(CNC2CCN(CC(N)=O)CC2)c(Br)c1. The maximum Gasteiger partial charge on any atom is 0.231 e. The van der Waals surface area contributed by atoms with E-state index < -0.39 is 0 Å². The van der Waals surface area contributed by atoms with Crippen molar-refractivity contribution >= 4 is 21.8 Å².